The van der Waals surface area contributed by atoms with E-state index in [9.17, 15) is 18.0 Å². The van der Waals surface area contributed by atoms with Gasteiger partial charge in [-0.05, 0) is 74.7 Å². The molecule has 0 fully saturated rings. The van der Waals surface area contributed by atoms with Crippen molar-refractivity contribution in [3.8, 4) is 5.75 Å². The summed E-state index contributed by atoms with van der Waals surface area (Å²) in [6.45, 7) is 6.73. The van der Waals surface area contributed by atoms with Crippen LogP contribution in [0.25, 0.3) is 0 Å². The van der Waals surface area contributed by atoms with E-state index in [2.05, 4.69) is 5.32 Å². The highest BCUT2D eigenvalue weighted by Gasteiger charge is 2.36. The van der Waals surface area contributed by atoms with Crippen LogP contribution in [0.3, 0.4) is 0 Å². The molecule has 0 bridgehead atoms. The van der Waals surface area contributed by atoms with Crippen LogP contribution in [0.2, 0.25) is 10.0 Å². The lowest BCUT2D eigenvalue weighted by atomic mass is 10.0. The first kappa shape index (κ1) is 36.8. The Morgan fingerprint density at radius 2 is 1.50 bits per heavy atom. The molecule has 0 aliphatic heterocycles. The van der Waals surface area contributed by atoms with E-state index in [1.54, 1.807) is 48.5 Å². The van der Waals surface area contributed by atoms with E-state index in [1.807, 2.05) is 58.0 Å². The molecule has 48 heavy (non-hydrogen) atoms. The molecule has 0 heterocycles. The van der Waals surface area contributed by atoms with E-state index in [1.165, 1.54) is 24.1 Å². The zero-order chi connectivity index (χ0) is 35.0. The number of rotatable bonds is 14. The molecule has 4 rings (SSSR count). The van der Waals surface area contributed by atoms with Crippen molar-refractivity contribution >= 4 is 50.7 Å². The summed E-state index contributed by atoms with van der Waals surface area (Å²) in [5.74, 6) is -0.753. The van der Waals surface area contributed by atoms with Gasteiger partial charge in [-0.3, -0.25) is 13.9 Å². The minimum absolute atomic E-state index is 0.000469. The average molecular weight is 711 g/mol. The Balaban J connectivity index is 1.89. The monoisotopic (exact) mass is 709 g/mol. The summed E-state index contributed by atoms with van der Waals surface area (Å²) in [4.78, 5) is 30.2. The number of sulfonamides is 1. The number of anilines is 1. The average Bonchev–Trinajstić information content (AvgIpc) is 3.06. The van der Waals surface area contributed by atoms with E-state index in [-0.39, 0.29) is 41.2 Å². The predicted octanol–water partition coefficient (Wildman–Crippen LogP) is 7.37. The van der Waals surface area contributed by atoms with Crippen molar-refractivity contribution in [1.82, 2.24) is 10.2 Å². The molecule has 0 spiro atoms. The van der Waals surface area contributed by atoms with Crippen molar-refractivity contribution in [3.63, 3.8) is 0 Å². The fourth-order valence-corrected chi connectivity index (χ4v) is 7.13. The van der Waals surface area contributed by atoms with Crippen molar-refractivity contribution < 1.29 is 22.7 Å². The third-order valence-corrected chi connectivity index (χ3v) is 10.6. The minimum atomic E-state index is -4.31. The lowest BCUT2D eigenvalue weighted by Crippen LogP contribution is -2.54. The maximum atomic E-state index is 14.8. The highest BCUT2D eigenvalue weighted by atomic mass is 35.5. The molecular weight excluding hydrogens is 669 g/mol. The van der Waals surface area contributed by atoms with E-state index in [0.29, 0.717) is 22.0 Å². The standard InChI is InChI=1S/C37H41Cl2N3O5S/c1-6-27(4)40-37(44)34(22-28-11-8-7-9-12-28)41(23-30-31(38)13-10-14-32(30)39)36(43)24-42(33-21-26(3)17-20-35(33)47-5)48(45,46)29-18-15-25(2)16-19-29/h7-21,27,34H,6,22-24H2,1-5H3,(H,40,44)/t27-,34-/m1/s1. The summed E-state index contributed by atoms with van der Waals surface area (Å²) < 4.78 is 35.4. The van der Waals surface area contributed by atoms with Gasteiger partial charge in [-0.25, -0.2) is 8.42 Å². The number of methoxy groups -OCH3 is 1. The van der Waals surface area contributed by atoms with Gasteiger partial charge < -0.3 is 15.0 Å². The molecule has 0 saturated heterocycles. The van der Waals surface area contributed by atoms with Gasteiger partial charge in [0.05, 0.1) is 17.7 Å². The number of benzene rings is 4. The molecule has 2 amide bonds. The van der Waals surface area contributed by atoms with Crippen LogP contribution in [0.4, 0.5) is 5.69 Å². The number of halogens is 2. The molecule has 4 aromatic carbocycles. The molecule has 2 atom stereocenters. The zero-order valence-corrected chi connectivity index (χ0v) is 30.1. The number of nitrogens with one attached hydrogen (secondary N) is 1. The zero-order valence-electron chi connectivity index (χ0n) is 27.7. The second-order valence-corrected chi connectivity index (χ2v) is 14.4. The van der Waals surface area contributed by atoms with Gasteiger partial charge in [0.1, 0.15) is 18.3 Å². The number of nitrogens with zero attached hydrogens (tertiary/aromatic N) is 2. The molecule has 0 aliphatic carbocycles. The first-order chi connectivity index (χ1) is 22.8. The molecule has 1 N–H and O–H groups in total. The number of hydrogen-bond donors (Lipinski definition) is 1. The van der Waals surface area contributed by atoms with Crippen molar-refractivity contribution in [2.75, 3.05) is 18.0 Å². The third kappa shape index (κ3) is 8.89. The minimum Gasteiger partial charge on any atom is -0.495 e. The Labute approximate surface area is 293 Å². The van der Waals surface area contributed by atoms with Gasteiger partial charge in [-0.2, -0.15) is 0 Å². The van der Waals surface area contributed by atoms with Gasteiger partial charge in [0, 0.05) is 34.6 Å². The number of ether oxygens (including phenoxy) is 1. The molecule has 0 aliphatic rings. The maximum absolute atomic E-state index is 14.8. The molecule has 11 heteroatoms. The van der Waals surface area contributed by atoms with Crippen molar-refractivity contribution in [1.29, 1.82) is 0 Å². The van der Waals surface area contributed by atoms with Crippen molar-refractivity contribution in [2.24, 2.45) is 0 Å². The molecule has 0 unspecified atom stereocenters. The second kappa shape index (κ2) is 16.4. The Hall–Kier alpha value is -4.05. The van der Waals surface area contributed by atoms with Crippen molar-refractivity contribution in [2.45, 2.75) is 64.1 Å². The maximum Gasteiger partial charge on any atom is 0.264 e. The molecule has 0 radical (unpaired) electrons. The quantitative estimate of drug-likeness (QED) is 0.148. The fourth-order valence-electron chi connectivity index (χ4n) is 5.19. The number of carbonyl (C=O) groups excluding carboxylic acids is 2. The lowest BCUT2D eigenvalue weighted by molar-refractivity contribution is -0.140. The van der Waals surface area contributed by atoms with Crippen molar-refractivity contribution in [3.05, 3.63) is 123 Å². The molecule has 0 aromatic heterocycles. The van der Waals surface area contributed by atoms with Gasteiger partial charge in [0.25, 0.3) is 10.0 Å². The van der Waals surface area contributed by atoms with Crippen LogP contribution < -0.4 is 14.4 Å². The first-order valence-corrected chi connectivity index (χ1v) is 17.9. The van der Waals surface area contributed by atoms with E-state index < -0.39 is 28.5 Å². The van der Waals surface area contributed by atoms with Crippen LogP contribution in [0.5, 0.6) is 5.75 Å². The SMILES string of the molecule is CC[C@@H](C)NC(=O)[C@@H](Cc1ccccc1)N(Cc1c(Cl)cccc1Cl)C(=O)CN(c1cc(C)ccc1OC)S(=O)(=O)c1ccc(C)cc1. The summed E-state index contributed by atoms with van der Waals surface area (Å²) in [5.41, 5.74) is 3.07. The van der Waals surface area contributed by atoms with Crippen LogP contribution in [0, 0.1) is 13.8 Å². The predicted molar refractivity (Wildman–Crippen MR) is 192 cm³/mol. The summed E-state index contributed by atoms with van der Waals surface area (Å²) >= 11 is 13.2. The second-order valence-electron chi connectivity index (χ2n) is 11.7. The lowest BCUT2D eigenvalue weighted by Gasteiger charge is -2.35. The van der Waals surface area contributed by atoms with Gasteiger partial charge >= 0.3 is 0 Å². The van der Waals surface area contributed by atoms with Crippen LogP contribution in [0.15, 0.2) is 95.9 Å². The molecular formula is C37H41Cl2N3O5S. The number of hydrogen-bond acceptors (Lipinski definition) is 5. The summed E-state index contributed by atoms with van der Waals surface area (Å²) in [6.07, 6.45) is 0.833. The number of aryl methyl sites for hydroxylation is 2. The summed E-state index contributed by atoms with van der Waals surface area (Å²) in [7, 11) is -2.87. The Morgan fingerprint density at radius 3 is 2.10 bits per heavy atom. The highest BCUT2D eigenvalue weighted by Crippen LogP contribution is 2.34. The highest BCUT2D eigenvalue weighted by molar-refractivity contribution is 7.92. The van der Waals surface area contributed by atoms with Crippen LogP contribution in [-0.4, -0.2) is 50.9 Å². The summed E-state index contributed by atoms with van der Waals surface area (Å²) in [6, 6.07) is 24.6. The fraction of sp³-hybridized carbons (Fsp3) is 0.297. The van der Waals surface area contributed by atoms with E-state index in [0.717, 1.165) is 21.0 Å². The summed E-state index contributed by atoms with van der Waals surface area (Å²) in [5, 5.41) is 3.64. The number of amides is 2. The number of carbonyl (C=O) groups is 2. The normalized spacial score (nSPS) is 12.6. The Kier molecular flexibility index (Phi) is 12.5. The van der Waals surface area contributed by atoms with Crippen LogP contribution >= 0.6 is 23.2 Å². The smallest absolute Gasteiger partial charge is 0.264 e. The Bertz CT molecular complexity index is 1820. The topological polar surface area (TPSA) is 96.0 Å². The van der Waals surface area contributed by atoms with Gasteiger partial charge in [-0.1, -0.05) is 90.3 Å². The molecule has 8 nitrogen and oxygen atoms in total. The van der Waals surface area contributed by atoms with E-state index in [4.69, 9.17) is 27.9 Å². The van der Waals surface area contributed by atoms with Crippen LogP contribution in [0.1, 0.15) is 42.5 Å². The Morgan fingerprint density at radius 1 is 0.875 bits per heavy atom. The first-order valence-electron chi connectivity index (χ1n) is 15.7. The largest absolute Gasteiger partial charge is 0.495 e. The molecule has 4 aromatic rings. The van der Waals surface area contributed by atoms with Crippen LogP contribution in [-0.2, 0) is 32.6 Å². The third-order valence-electron chi connectivity index (χ3n) is 8.15. The van der Waals surface area contributed by atoms with Gasteiger partial charge in [0.2, 0.25) is 11.8 Å². The van der Waals surface area contributed by atoms with Gasteiger partial charge in [-0.15, -0.1) is 0 Å². The van der Waals surface area contributed by atoms with Gasteiger partial charge in [0.15, 0.2) is 0 Å². The molecule has 0 saturated carbocycles. The van der Waals surface area contributed by atoms with E-state index >= 15 is 0 Å². The molecule has 254 valence electrons.